The molecule has 15 heavy (non-hydrogen) atoms. The van der Waals surface area contributed by atoms with Gasteiger partial charge in [-0.15, -0.1) is 0 Å². The smallest absolute Gasteiger partial charge is 0.403 e. The molecule has 1 unspecified atom stereocenters. The fraction of sp³-hybridized carbons (Fsp3) is 0.909. The summed E-state index contributed by atoms with van der Waals surface area (Å²) in [4.78, 5) is 0. The molecule has 1 aliphatic heterocycles. The monoisotopic (exact) mass is 209 g/mol. The maximum absolute atomic E-state index is 8.86. The minimum atomic E-state index is -0.304. The molecule has 0 spiro atoms. The SMILES string of the molecule is CC(B1OC(C)(C)C(C)(C)O1)[C@H](C)C#N. The van der Waals surface area contributed by atoms with Crippen LogP contribution in [0.1, 0.15) is 41.5 Å². The fourth-order valence-corrected chi connectivity index (χ4v) is 1.46. The number of hydrogen-bond donors (Lipinski definition) is 0. The molecular weight excluding hydrogens is 189 g/mol. The molecular formula is C11H20BNO2. The molecule has 1 aliphatic rings. The highest BCUT2D eigenvalue weighted by Gasteiger charge is 2.53. The standard InChI is InChI=1S/C11H20BNO2/c1-8(7-13)9(2)12-14-10(3,4)11(5,6)15-12/h8-9H,1-6H3/t8-,9?/m1/s1. The third kappa shape index (κ3) is 2.19. The zero-order chi connectivity index (χ0) is 11.9. The summed E-state index contributed by atoms with van der Waals surface area (Å²) in [6, 6.07) is 2.24. The van der Waals surface area contributed by atoms with E-state index < -0.39 is 0 Å². The first-order valence-corrected chi connectivity index (χ1v) is 5.46. The summed E-state index contributed by atoms with van der Waals surface area (Å²) < 4.78 is 11.8. The Morgan fingerprint density at radius 2 is 1.47 bits per heavy atom. The second kappa shape index (κ2) is 3.81. The Hall–Kier alpha value is -0.525. The van der Waals surface area contributed by atoms with E-state index in [2.05, 4.69) is 6.07 Å². The van der Waals surface area contributed by atoms with Crippen LogP contribution >= 0.6 is 0 Å². The van der Waals surface area contributed by atoms with Gasteiger partial charge in [-0.2, -0.15) is 5.26 Å². The topological polar surface area (TPSA) is 42.2 Å². The molecule has 1 saturated heterocycles. The molecule has 0 saturated carbocycles. The Morgan fingerprint density at radius 1 is 1.07 bits per heavy atom. The fourth-order valence-electron chi connectivity index (χ4n) is 1.46. The molecule has 1 heterocycles. The highest BCUT2D eigenvalue weighted by Crippen LogP contribution is 2.41. The van der Waals surface area contributed by atoms with Crippen LogP contribution in [0.25, 0.3) is 0 Å². The predicted octanol–water partition coefficient (Wildman–Crippen LogP) is 2.63. The van der Waals surface area contributed by atoms with Gasteiger partial charge < -0.3 is 9.31 Å². The van der Waals surface area contributed by atoms with Crippen LogP contribution in [0.5, 0.6) is 0 Å². The van der Waals surface area contributed by atoms with Crippen molar-refractivity contribution in [1.29, 1.82) is 5.26 Å². The van der Waals surface area contributed by atoms with Crippen molar-refractivity contribution in [1.82, 2.24) is 0 Å². The molecule has 4 heteroatoms. The normalized spacial score (nSPS) is 27.1. The summed E-state index contributed by atoms with van der Waals surface area (Å²) in [5, 5.41) is 8.86. The van der Waals surface area contributed by atoms with Crippen molar-refractivity contribution in [3.63, 3.8) is 0 Å². The molecule has 0 aliphatic carbocycles. The quantitative estimate of drug-likeness (QED) is 0.656. The number of rotatable bonds is 2. The number of nitrogens with zero attached hydrogens (tertiary/aromatic N) is 1. The third-order valence-corrected chi connectivity index (χ3v) is 3.69. The maximum atomic E-state index is 8.86. The van der Waals surface area contributed by atoms with Crippen LogP contribution in [0.15, 0.2) is 0 Å². The Labute approximate surface area is 92.9 Å². The van der Waals surface area contributed by atoms with Gasteiger partial charge in [-0.1, -0.05) is 6.92 Å². The van der Waals surface area contributed by atoms with Crippen molar-refractivity contribution in [2.45, 2.75) is 58.6 Å². The molecule has 0 bridgehead atoms. The average Bonchev–Trinajstić information content (AvgIpc) is 2.33. The van der Waals surface area contributed by atoms with Crippen molar-refractivity contribution in [2.24, 2.45) is 5.92 Å². The minimum Gasteiger partial charge on any atom is -0.403 e. The molecule has 1 fully saturated rings. The molecule has 0 aromatic rings. The molecule has 3 nitrogen and oxygen atoms in total. The van der Waals surface area contributed by atoms with Gasteiger partial charge in [0, 0.05) is 11.7 Å². The van der Waals surface area contributed by atoms with Gasteiger partial charge in [-0.25, -0.2) is 0 Å². The molecule has 0 amide bonds. The Bertz CT molecular complexity index is 267. The first-order valence-electron chi connectivity index (χ1n) is 5.46. The summed E-state index contributed by atoms with van der Waals surface area (Å²) in [5.74, 6) is 0.0377. The highest BCUT2D eigenvalue weighted by atomic mass is 16.7. The summed E-state index contributed by atoms with van der Waals surface area (Å²) in [7, 11) is -0.273. The lowest BCUT2D eigenvalue weighted by atomic mass is 9.67. The van der Waals surface area contributed by atoms with Gasteiger partial charge in [0.1, 0.15) is 0 Å². The largest absolute Gasteiger partial charge is 0.462 e. The van der Waals surface area contributed by atoms with Crippen molar-refractivity contribution >= 4 is 7.12 Å². The van der Waals surface area contributed by atoms with Gasteiger partial charge in [0.25, 0.3) is 0 Å². The number of nitriles is 1. The van der Waals surface area contributed by atoms with Gasteiger partial charge in [-0.05, 0) is 34.6 Å². The lowest BCUT2D eigenvalue weighted by Crippen LogP contribution is -2.41. The molecule has 0 aromatic heterocycles. The van der Waals surface area contributed by atoms with Gasteiger partial charge in [0.15, 0.2) is 0 Å². The van der Waals surface area contributed by atoms with Crippen LogP contribution in [-0.4, -0.2) is 18.3 Å². The van der Waals surface area contributed by atoms with E-state index in [9.17, 15) is 0 Å². The van der Waals surface area contributed by atoms with Crippen LogP contribution in [0.2, 0.25) is 5.82 Å². The van der Waals surface area contributed by atoms with Gasteiger partial charge in [-0.3, -0.25) is 0 Å². The second-order valence-corrected chi connectivity index (χ2v) is 5.40. The maximum Gasteiger partial charge on any atom is 0.462 e. The van der Waals surface area contributed by atoms with Crippen molar-refractivity contribution in [3.8, 4) is 6.07 Å². The summed E-state index contributed by atoms with van der Waals surface area (Å²) in [6.07, 6.45) is 0. The molecule has 1 rings (SSSR count). The van der Waals surface area contributed by atoms with Crippen LogP contribution in [0, 0.1) is 17.2 Å². The van der Waals surface area contributed by atoms with Crippen LogP contribution in [0.3, 0.4) is 0 Å². The summed E-state index contributed by atoms with van der Waals surface area (Å²) in [6.45, 7) is 12.0. The minimum absolute atomic E-state index is 0.0558. The van der Waals surface area contributed by atoms with Crippen molar-refractivity contribution in [3.05, 3.63) is 0 Å². The molecule has 0 radical (unpaired) electrons. The molecule has 2 atom stereocenters. The summed E-state index contributed by atoms with van der Waals surface area (Å²) in [5.41, 5.74) is -0.609. The zero-order valence-corrected chi connectivity index (χ0v) is 10.5. The Kier molecular flexibility index (Phi) is 3.18. The third-order valence-electron chi connectivity index (χ3n) is 3.69. The van der Waals surface area contributed by atoms with Crippen molar-refractivity contribution in [2.75, 3.05) is 0 Å². The van der Waals surface area contributed by atoms with Gasteiger partial charge in [0.05, 0.1) is 17.3 Å². The van der Waals surface area contributed by atoms with E-state index in [0.717, 1.165) is 0 Å². The highest BCUT2D eigenvalue weighted by molar-refractivity contribution is 6.47. The van der Waals surface area contributed by atoms with E-state index in [1.54, 1.807) is 0 Å². The van der Waals surface area contributed by atoms with Crippen LogP contribution in [0.4, 0.5) is 0 Å². The van der Waals surface area contributed by atoms with E-state index >= 15 is 0 Å². The average molecular weight is 209 g/mol. The second-order valence-electron chi connectivity index (χ2n) is 5.40. The molecule has 84 valence electrons. The van der Waals surface area contributed by atoms with E-state index in [1.165, 1.54) is 0 Å². The van der Waals surface area contributed by atoms with E-state index in [1.807, 2.05) is 41.5 Å². The van der Waals surface area contributed by atoms with Gasteiger partial charge in [0.2, 0.25) is 0 Å². The Balaban J connectivity index is 2.76. The zero-order valence-electron chi connectivity index (χ0n) is 10.5. The predicted molar refractivity (Wildman–Crippen MR) is 60.3 cm³/mol. The lowest BCUT2D eigenvalue weighted by Gasteiger charge is -2.32. The molecule has 0 aromatic carbocycles. The van der Waals surface area contributed by atoms with Crippen LogP contribution < -0.4 is 0 Å². The van der Waals surface area contributed by atoms with Crippen molar-refractivity contribution < 1.29 is 9.31 Å². The lowest BCUT2D eigenvalue weighted by molar-refractivity contribution is 0.00578. The first kappa shape index (κ1) is 12.5. The van der Waals surface area contributed by atoms with Crippen LogP contribution in [-0.2, 0) is 9.31 Å². The number of hydrogen-bond acceptors (Lipinski definition) is 3. The summed E-state index contributed by atoms with van der Waals surface area (Å²) >= 11 is 0. The van der Waals surface area contributed by atoms with Gasteiger partial charge >= 0.3 is 7.12 Å². The van der Waals surface area contributed by atoms with E-state index in [0.29, 0.717) is 0 Å². The first-order chi connectivity index (χ1) is 6.71. The van der Waals surface area contributed by atoms with E-state index in [-0.39, 0.29) is 30.1 Å². The Morgan fingerprint density at radius 3 is 1.80 bits per heavy atom. The molecule has 0 N–H and O–H groups in total. The van der Waals surface area contributed by atoms with E-state index in [4.69, 9.17) is 14.6 Å².